The molecule has 0 aliphatic heterocycles. The molecule has 0 aliphatic rings. The van der Waals surface area contributed by atoms with Gasteiger partial charge in [-0.1, -0.05) is 0 Å². The Hall–Kier alpha value is -2.67. The minimum atomic E-state index is -0.600. The zero-order chi connectivity index (χ0) is 20.2. The van der Waals surface area contributed by atoms with Gasteiger partial charge in [0.25, 0.3) is 0 Å². The largest absolute Gasteiger partial charge is 0.454 e. The van der Waals surface area contributed by atoms with Crippen molar-refractivity contribution in [2.45, 2.75) is 40.2 Å². The zero-order valence-electron chi connectivity index (χ0n) is 16.0. The maximum atomic E-state index is 12.2. The molecule has 27 heavy (non-hydrogen) atoms. The van der Waals surface area contributed by atoms with E-state index >= 15 is 0 Å². The first kappa shape index (κ1) is 20.6. The summed E-state index contributed by atoms with van der Waals surface area (Å²) in [5, 5.41) is 2.58. The minimum Gasteiger partial charge on any atom is -0.454 e. The number of aryl methyl sites for hydroxylation is 2. The van der Waals surface area contributed by atoms with E-state index in [2.05, 4.69) is 5.32 Å². The van der Waals surface area contributed by atoms with Crippen LogP contribution >= 0.6 is 11.3 Å². The molecule has 1 heterocycles. The first-order valence-corrected chi connectivity index (χ1v) is 9.24. The van der Waals surface area contributed by atoms with Gasteiger partial charge in [-0.2, -0.15) is 0 Å². The number of Topliss-reactive ketones (excluding diaryl/α,β-unsaturated/α-hetero) is 1. The van der Waals surface area contributed by atoms with E-state index in [1.807, 2.05) is 13.8 Å². The third kappa shape index (κ3) is 6.21. The molecule has 0 unspecified atom stereocenters. The van der Waals surface area contributed by atoms with Gasteiger partial charge >= 0.3 is 12.1 Å². The van der Waals surface area contributed by atoms with Crippen molar-refractivity contribution < 1.29 is 23.9 Å². The van der Waals surface area contributed by atoms with Crippen LogP contribution in [-0.2, 0) is 9.47 Å². The second-order valence-corrected chi connectivity index (χ2v) is 8.49. The number of nitrogens with one attached hydrogen (secondary N) is 1. The molecule has 0 radical (unpaired) electrons. The normalized spacial score (nSPS) is 11.0. The fourth-order valence-corrected chi connectivity index (χ4v) is 3.25. The molecular formula is C20H23NO5S. The number of hydrogen-bond donors (Lipinski definition) is 1. The molecule has 1 amide bonds. The number of amides is 1. The van der Waals surface area contributed by atoms with Crippen LogP contribution in [-0.4, -0.2) is 30.1 Å². The second kappa shape index (κ2) is 8.35. The van der Waals surface area contributed by atoms with Gasteiger partial charge < -0.3 is 9.47 Å². The van der Waals surface area contributed by atoms with Gasteiger partial charge in [-0.05, 0) is 65.0 Å². The summed E-state index contributed by atoms with van der Waals surface area (Å²) in [4.78, 5) is 38.0. The molecule has 2 aromatic rings. The lowest BCUT2D eigenvalue weighted by Gasteiger charge is -2.19. The summed E-state index contributed by atoms with van der Waals surface area (Å²) in [6.45, 7) is 8.79. The van der Waals surface area contributed by atoms with E-state index in [-0.39, 0.29) is 18.0 Å². The summed E-state index contributed by atoms with van der Waals surface area (Å²) >= 11 is 1.53. The van der Waals surface area contributed by atoms with Crippen LogP contribution in [0, 0.1) is 13.8 Å². The second-order valence-electron chi connectivity index (χ2n) is 7.03. The molecule has 7 heteroatoms. The van der Waals surface area contributed by atoms with Crippen molar-refractivity contribution in [2.75, 3.05) is 11.9 Å². The van der Waals surface area contributed by atoms with E-state index in [0.29, 0.717) is 11.3 Å². The van der Waals surface area contributed by atoms with Crippen LogP contribution < -0.4 is 5.32 Å². The van der Waals surface area contributed by atoms with Gasteiger partial charge in [0.15, 0.2) is 6.61 Å². The van der Waals surface area contributed by atoms with Crippen molar-refractivity contribution in [3.05, 3.63) is 51.2 Å². The number of ether oxygens (including phenoxy) is 2. The summed E-state index contributed by atoms with van der Waals surface area (Å²) < 4.78 is 10.3. The van der Waals surface area contributed by atoms with Crippen LogP contribution in [0.1, 0.15) is 51.2 Å². The lowest BCUT2D eigenvalue weighted by molar-refractivity contribution is 0.0474. The summed E-state index contributed by atoms with van der Waals surface area (Å²) in [5.74, 6) is -0.829. The molecule has 0 fully saturated rings. The summed E-state index contributed by atoms with van der Waals surface area (Å²) in [6.07, 6.45) is -0.579. The molecule has 0 atom stereocenters. The number of carbonyl (C=O) groups is 3. The number of carbonyl (C=O) groups excluding carboxylic acids is 3. The number of benzene rings is 1. The number of hydrogen-bond acceptors (Lipinski definition) is 6. The van der Waals surface area contributed by atoms with E-state index in [1.165, 1.54) is 23.5 Å². The van der Waals surface area contributed by atoms with Gasteiger partial charge in [0, 0.05) is 21.0 Å². The Morgan fingerprint density at radius 2 is 1.70 bits per heavy atom. The quantitative estimate of drug-likeness (QED) is 0.589. The molecule has 0 saturated heterocycles. The molecule has 1 aromatic heterocycles. The zero-order valence-corrected chi connectivity index (χ0v) is 16.9. The SMILES string of the molecule is Cc1cc(C(=O)COC(=O)c2ccc(NC(=O)OC(C)(C)C)cc2)c(C)s1. The third-order valence-corrected chi connectivity index (χ3v) is 4.41. The predicted molar refractivity (Wildman–Crippen MR) is 105 cm³/mol. The maximum Gasteiger partial charge on any atom is 0.412 e. The fourth-order valence-electron chi connectivity index (χ4n) is 2.31. The van der Waals surface area contributed by atoms with Crippen LogP contribution in [0.3, 0.4) is 0 Å². The first-order valence-electron chi connectivity index (χ1n) is 8.42. The Morgan fingerprint density at radius 1 is 1.07 bits per heavy atom. The van der Waals surface area contributed by atoms with E-state index < -0.39 is 17.7 Å². The molecule has 144 valence electrons. The van der Waals surface area contributed by atoms with Crippen molar-refractivity contribution in [3.8, 4) is 0 Å². The smallest absolute Gasteiger partial charge is 0.412 e. The monoisotopic (exact) mass is 389 g/mol. The van der Waals surface area contributed by atoms with Gasteiger partial charge in [-0.15, -0.1) is 11.3 Å². The van der Waals surface area contributed by atoms with Crippen molar-refractivity contribution >= 4 is 34.9 Å². The van der Waals surface area contributed by atoms with Crippen LogP contribution in [0.2, 0.25) is 0 Å². The fraction of sp³-hybridized carbons (Fsp3) is 0.350. The number of esters is 1. The summed E-state index contributed by atoms with van der Waals surface area (Å²) in [6, 6.07) is 7.95. The van der Waals surface area contributed by atoms with E-state index in [0.717, 1.165) is 9.75 Å². The highest BCUT2D eigenvalue weighted by atomic mass is 32.1. The lowest BCUT2D eigenvalue weighted by Crippen LogP contribution is -2.27. The van der Waals surface area contributed by atoms with E-state index in [4.69, 9.17) is 9.47 Å². The van der Waals surface area contributed by atoms with Gasteiger partial charge in [-0.25, -0.2) is 9.59 Å². The average molecular weight is 389 g/mol. The molecule has 6 nitrogen and oxygen atoms in total. The highest BCUT2D eigenvalue weighted by Gasteiger charge is 2.17. The van der Waals surface area contributed by atoms with Gasteiger partial charge in [0.1, 0.15) is 5.60 Å². The lowest BCUT2D eigenvalue weighted by atomic mass is 10.1. The Morgan fingerprint density at radius 3 is 2.22 bits per heavy atom. The van der Waals surface area contributed by atoms with Crippen molar-refractivity contribution in [2.24, 2.45) is 0 Å². The standard InChI is InChI=1S/C20H23NO5S/c1-12-10-16(13(2)27-12)17(22)11-25-18(23)14-6-8-15(9-7-14)21-19(24)26-20(3,4)5/h6-10H,11H2,1-5H3,(H,21,24). The molecule has 0 saturated carbocycles. The molecule has 0 bridgehead atoms. The Balaban J connectivity index is 1.91. The molecule has 1 aromatic carbocycles. The topological polar surface area (TPSA) is 81.7 Å². The van der Waals surface area contributed by atoms with Crippen molar-refractivity contribution in [1.82, 2.24) is 0 Å². The highest BCUT2D eigenvalue weighted by Crippen LogP contribution is 2.21. The molecule has 2 rings (SSSR count). The van der Waals surface area contributed by atoms with Crippen LogP contribution in [0.4, 0.5) is 10.5 Å². The predicted octanol–water partition coefficient (Wildman–Crippen LogP) is 4.75. The van der Waals surface area contributed by atoms with Crippen molar-refractivity contribution in [3.63, 3.8) is 0 Å². The average Bonchev–Trinajstić information content (AvgIpc) is 2.89. The Bertz CT molecular complexity index is 846. The molecule has 1 N–H and O–H groups in total. The van der Waals surface area contributed by atoms with Gasteiger partial charge in [0.05, 0.1) is 5.56 Å². The van der Waals surface area contributed by atoms with Crippen LogP contribution in [0.15, 0.2) is 30.3 Å². The van der Waals surface area contributed by atoms with Gasteiger partial charge in [-0.3, -0.25) is 10.1 Å². The van der Waals surface area contributed by atoms with E-state index in [9.17, 15) is 14.4 Å². The number of thiophene rings is 1. The Labute approximate surface area is 162 Å². The highest BCUT2D eigenvalue weighted by molar-refractivity contribution is 7.12. The minimum absolute atomic E-state index is 0.228. The number of anilines is 1. The molecular weight excluding hydrogens is 366 g/mol. The summed E-state index contributed by atoms with van der Waals surface area (Å²) in [5.41, 5.74) is 0.763. The number of ketones is 1. The third-order valence-electron chi connectivity index (χ3n) is 3.44. The van der Waals surface area contributed by atoms with Crippen LogP contribution in [0.5, 0.6) is 0 Å². The first-order chi connectivity index (χ1) is 12.5. The Kier molecular flexibility index (Phi) is 6.38. The molecule has 0 spiro atoms. The maximum absolute atomic E-state index is 12.2. The van der Waals surface area contributed by atoms with E-state index in [1.54, 1.807) is 39.0 Å². The van der Waals surface area contributed by atoms with Gasteiger partial charge in [0.2, 0.25) is 5.78 Å². The number of rotatable bonds is 5. The summed E-state index contributed by atoms with van der Waals surface area (Å²) in [7, 11) is 0. The molecule has 0 aliphatic carbocycles. The van der Waals surface area contributed by atoms with Crippen molar-refractivity contribution in [1.29, 1.82) is 0 Å². The van der Waals surface area contributed by atoms with Crippen LogP contribution in [0.25, 0.3) is 0 Å².